The van der Waals surface area contributed by atoms with Gasteiger partial charge in [-0.05, 0) is 43.6 Å². The molecule has 0 saturated heterocycles. The Bertz CT molecular complexity index is 371. The Morgan fingerprint density at radius 2 is 1.89 bits per heavy atom. The van der Waals surface area contributed by atoms with Crippen LogP contribution < -0.4 is 5.32 Å². The first kappa shape index (κ1) is 13.6. The molecule has 1 aliphatic rings. The zero-order valence-electron chi connectivity index (χ0n) is 11.9. The van der Waals surface area contributed by atoms with Crippen molar-refractivity contribution in [3.63, 3.8) is 0 Å². The summed E-state index contributed by atoms with van der Waals surface area (Å²) < 4.78 is 0. The van der Waals surface area contributed by atoms with E-state index in [1.54, 1.807) is 0 Å². The molecule has 18 heavy (non-hydrogen) atoms. The maximum absolute atomic E-state index is 3.65. The summed E-state index contributed by atoms with van der Waals surface area (Å²) in [7, 11) is 0. The zero-order chi connectivity index (χ0) is 13.0. The third kappa shape index (κ3) is 2.76. The molecular weight excluding hydrogens is 220 g/mol. The fourth-order valence-electron chi connectivity index (χ4n) is 3.25. The van der Waals surface area contributed by atoms with Gasteiger partial charge in [-0.2, -0.15) is 0 Å². The van der Waals surface area contributed by atoms with Crippen molar-refractivity contribution in [1.29, 1.82) is 0 Å². The molecule has 0 aliphatic heterocycles. The molecule has 0 heterocycles. The second-order valence-corrected chi connectivity index (χ2v) is 5.12. The van der Waals surface area contributed by atoms with E-state index >= 15 is 0 Å². The molecule has 0 radical (unpaired) electrons. The molecule has 0 aromatic heterocycles. The highest BCUT2D eigenvalue weighted by atomic mass is 15.1. The van der Waals surface area contributed by atoms with E-state index in [1.807, 2.05) is 0 Å². The SMILES string of the molecule is CCNC1CC(N(CC)CC)Cc2ccccc21. The first-order chi connectivity index (χ1) is 8.80. The maximum Gasteiger partial charge on any atom is 0.0337 e. The van der Waals surface area contributed by atoms with Crippen molar-refractivity contribution >= 4 is 0 Å². The Labute approximate surface area is 111 Å². The van der Waals surface area contributed by atoms with Crippen LogP contribution in [0.1, 0.15) is 44.4 Å². The summed E-state index contributed by atoms with van der Waals surface area (Å²) in [6, 6.07) is 10.2. The van der Waals surface area contributed by atoms with Crippen LogP contribution in [-0.4, -0.2) is 30.6 Å². The third-order valence-corrected chi connectivity index (χ3v) is 4.17. The van der Waals surface area contributed by atoms with Crippen LogP contribution in [0.15, 0.2) is 24.3 Å². The molecule has 2 heteroatoms. The predicted octanol–water partition coefficient (Wildman–Crippen LogP) is 2.99. The summed E-state index contributed by atoms with van der Waals surface area (Å²) in [4.78, 5) is 2.60. The lowest BCUT2D eigenvalue weighted by Crippen LogP contribution is -2.42. The van der Waals surface area contributed by atoms with Crippen LogP contribution >= 0.6 is 0 Å². The van der Waals surface area contributed by atoms with Crippen LogP contribution in [0.5, 0.6) is 0 Å². The first-order valence-electron chi connectivity index (χ1n) is 7.35. The van der Waals surface area contributed by atoms with E-state index in [-0.39, 0.29) is 0 Å². The van der Waals surface area contributed by atoms with Gasteiger partial charge < -0.3 is 10.2 Å². The van der Waals surface area contributed by atoms with E-state index in [2.05, 4.69) is 55.3 Å². The quantitative estimate of drug-likeness (QED) is 0.859. The highest BCUT2D eigenvalue weighted by Crippen LogP contribution is 2.31. The van der Waals surface area contributed by atoms with Gasteiger partial charge in [0, 0.05) is 12.1 Å². The lowest BCUT2D eigenvalue weighted by Gasteiger charge is -2.38. The van der Waals surface area contributed by atoms with Gasteiger partial charge >= 0.3 is 0 Å². The maximum atomic E-state index is 3.65. The Morgan fingerprint density at radius 3 is 2.56 bits per heavy atom. The molecule has 0 saturated carbocycles. The molecule has 0 amide bonds. The first-order valence-corrected chi connectivity index (χ1v) is 7.35. The van der Waals surface area contributed by atoms with E-state index in [4.69, 9.17) is 0 Å². The lowest BCUT2D eigenvalue weighted by molar-refractivity contribution is 0.181. The van der Waals surface area contributed by atoms with Gasteiger partial charge in [0.25, 0.3) is 0 Å². The minimum atomic E-state index is 0.533. The minimum absolute atomic E-state index is 0.533. The van der Waals surface area contributed by atoms with Gasteiger partial charge in [-0.3, -0.25) is 0 Å². The Balaban J connectivity index is 2.22. The van der Waals surface area contributed by atoms with Gasteiger partial charge in [0.2, 0.25) is 0 Å². The largest absolute Gasteiger partial charge is 0.310 e. The van der Waals surface area contributed by atoms with Gasteiger partial charge in [0.1, 0.15) is 0 Å². The molecule has 2 rings (SSSR count). The smallest absolute Gasteiger partial charge is 0.0337 e. The van der Waals surface area contributed by atoms with E-state index < -0.39 is 0 Å². The fraction of sp³-hybridized carbons (Fsp3) is 0.625. The van der Waals surface area contributed by atoms with E-state index in [0.717, 1.165) is 19.6 Å². The summed E-state index contributed by atoms with van der Waals surface area (Å²) in [6.45, 7) is 10.1. The average Bonchev–Trinajstić information content (AvgIpc) is 2.40. The van der Waals surface area contributed by atoms with E-state index in [9.17, 15) is 0 Å². The molecule has 2 atom stereocenters. The Hall–Kier alpha value is -0.860. The number of hydrogen-bond acceptors (Lipinski definition) is 2. The predicted molar refractivity (Wildman–Crippen MR) is 77.9 cm³/mol. The molecule has 2 unspecified atom stereocenters. The van der Waals surface area contributed by atoms with Crippen LogP contribution in [-0.2, 0) is 6.42 Å². The number of rotatable bonds is 5. The number of likely N-dealkylation sites (N-methyl/N-ethyl adjacent to an activating group) is 1. The molecular formula is C16H26N2. The molecule has 0 spiro atoms. The number of hydrogen-bond donors (Lipinski definition) is 1. The van der Waals surface area contributed by atoms with Crippen LogP contribution in [0, 0.1) is 0 Å². The standard InChI is InChI=1S/C16H26N2/c1-4-17-16-12-14(18(5-2)6-3)11-13-9-7-8-10-15(13)16/h7-10,14,16-17H,4-6,11-12H2,1-3H3. The minimum Gasteiger partial charge on any atom is -0.310 e. The highest BCUT2D eigenvalue weighted by Gasteiger charge is 2.28. The van der Waals surface area contributed by atoms with Crippen molar-refractivity contribution in [2.24, 2.45) is 0 Å². The molecule has 1 aromatic rings. The normalized spacial score (nSPS) is 23.1. The third-order valence-electron chi connectivity index (χ3n) is 4.17. The lowest BCUT2D eigenvalue weighted by atomic mass is 9.83. The number of nitrogens with one attached hydrogen (secondary N) is 1. The van der Waals surface area contributed by atoms with Crippen molar-refractivity contribution in [3.05, 3.63) is 35.4 Å². The van der Waals surface area contributed by atoms with Crippen molar-refractivity contribution in [2.45, 2.75) is 45.7 Å². The Kier molecular flexibility index (Phi) is 4.79. The summed E-state index contributed by atoms with van der Waals surface area (Å²) in [5.74, 6) is 0. The van der Waals surface area contributed by atoms with Crippen molar-refractivity contribution in [1.82, 2.24) is 10.2 Å². The molecule has 0 fully saturated rings. The topological polar surface area (TPSA) is 15.3 Å². The molecule has 1 N–H and O–H groups in total. The van der Waals surface area contributed by atoms with Crippen LogP contribution in [0.25, 0.3) is 0 Å². The highest BCUT2D eigenvalue weighted by molar-refractivity contribution is 5.33. The van der Waals surface area contributed by atoms with Crippen LogP contribution in [0.3, 0.4) is 0 Å². The second kappa shape index (κ2) is 6.35. The van der Waals surface area contributed by atoms with Gasteiger partial charge in [0.05, 0.1) is 0 Å². The molecule has 1 aliphatic carbocycles. The second-order valence-electron chi connectivity index (χ2n) is 5.12. The monoisotopic (exact) mass is 246 g/mol. The van der Waals surface area contributed by atoms with Gasteiger partial charge in [0.15, 0.2) is 0 Å². The summed E-state index contributed by atoms with van der Waals surface area (Å²) in [5, 5.41) is 3.65. The van der Waals surface area contributed by atoms with Gasteiger partial charge in [-0.1, -0.05) is 45.0 Å². The summed E-state index contributed by atoms with van der Waals surface area (Å²) in [6.07, 6.45) is 2.45. The number of fused-ring (bicyclic) bond motifs is 1. The van der Waals surface area contributed by atoms with E-state index in [0.29, 0.717) is 12.1 Å². The number of benzene rings is 1. The molecule has 0 bridgehead atoms. The Morgan fingerprint density at radius 1 is 1.17 bits per heavy atom. The van der Waals surface area contributed by atoms with Gasteiger partial charge in [-0.15, -0.1) is 0 Å². The zero-order valence-corrected chi connectivity index (χ0v) is 11.9. The van der Waals surface area contributed by atoms with Crippen LogP contribution in [0.4, 0.5) is 0 Å². The van der Waals surface area contributed by atoms with Gasteiger partial charge in [-0.25, -0.2) is 0 Å². The summed E-state index contributed by atoms with van der Waals surface area (Å²) in [5.41, 5.74) is 3.05. The van der Waals surface area contributed by atoms with E-state index in [1.165, 1.54) is 24.0 Å². The number of nitrogens with zero attached hydrogens (tertiary/aromatic N) is 1. The van der Waals surface area contributed by atoms with Crippen molar-refractivity contribution < 1.29 is 0 Å². The van der Waals surface area contributed by atoms with Crippen molar-refractivity contribution in [2.75, 3.05) is 19.6 Å². The van der Waals surface area contributed by atoms with Crippen molar-refractivity contribution in [3.8, 4) is 0 Å². The summed E-state index contributed by atoms with van der Waals surface area (Å²) >= 11 is 0. The molecule has 100 valence electrons. The average molecular weight is 246 g/mol. The fourth-order valence-corrected chi connectivity index (χ4v) is 3.25. The van der Waals surface area contributed by atoms with Crippen LogP contribution in [0.2, 0.25) is 0 Å². The molecule has 1 aromatic carbocycles. The molecule has 2 nitrogen and oxygen atoms in total.